The van der Waals surface area contributed by atoms with E-state index in [4.69, 9.17) is 0 Å². The lowest BCUT2D eigenvalue weighted by Crippen LogP contribution is -2.36. The van der Waals surface area contributed by atoms with E-state index in [1.807, 2.05) is 0 Å². The minimum Gasteiger partial charge on any atom is -0.507 e. The highest BCUT2D eigenvalue weighted by atomic mass is 16.3. The predicted molar refractivity (Wildman–Crippen MR) is 270 cm³/mol. The van der Waals surface area contributed by atoms with E-state index in [0.29, 0.717) is 22.3 Å². The molecule has 63 heavy (non-hydrogen) atoms. The Bertz CT molecular complexity index is 2190. The summed E-state index contributed by atoms with van der Waals surface area (Å²) in [5.74, 6) is -0.270. The molecule has 0 atom stereocenters. The van der Waals surface area contributed by atoms with Crippen molar-refractivity contribution < 1.29 is 20.4 Å². The molecule has 4 aromatic rings. The third-order valence-electron chi connectivity index (χ3n) is 13.5. The molecule has 4 aromatic carbocycles. The van der Waals surface area contributed by atoms with E-state index < -0.39 is 33.0 Å². The lowest BCUT2D eigenvalue weighted by molar-refractivity contribution is 0.368. The molecule has 4 N–H and O–H groups in total. The first-order valence-corrected chi connectivity index (χ1v) is 23.4. The SMILES string of the molecule is CC(C)(C)c1cc(C(c2cc(C(C)(C)C)cc(C(C)(C)C)c2O)C(C)(c2cc(C(C)(C)C)cc(C(C)(C)C)c2O)c2cc(C(C)(C)C)cc(C(C)(C)C)c2O)c(O)c(C(C)(C)C)c1. The summed E-state index contributed by atoms with van der Waals surface area (Å²) < 4.78 is 0. The zero-order valence-corrected chi connectivity index (χ0v) is 44.5. The van der Waals surface area contributed by atoms with Gasteiger partial charge in [0.1, 0.15) is 23.0 Å². The zero-order valence-electron chi connectivity index (χ0n) is 44.5. The second-order valence-electron chi connectivity index (χ2n) is 27.4. The van der Waals surface area contributed by atoms with Gasteiger partial charge in [0.25, 0.3) is 0 Å². The van der Waals surface area contributed by atoms with Gasteiger partial charge in [-0.1, -0.05) is 222 Å². The molecule has 0 unspecified atom stereocenters. The van der Waals surface area contributed by atoms with Crippen LogP contribution < -0.4 is 0 Å². The van der Waals surface area contributed by atoms with Gasteiger partial charge in [-0.3, -0.25) is 0 Å². The van der Waals surface area contributed by atoms with Crippen molar-refractivity contribution in [2.75, 3.05) is 0 Å². The summed E-state index contributed by atoms with van der Waals surface area (Å²) in [6, 6.07) is 17.1. The second kappa shape index (κ2) is 15.9. The van der Waals surface area contributed by atoms with Crippen molar-refractivity contribution >= 4 is 0 Å². The van der Waals surface area contributed by atoms with Crippen LogP contribution in [0.15, 0.2) is 48.5 Å². The molecule has 0 saturated carbocycles. The van der Waals surface area contributed by atoms with Gasteiger partial charge in [0.15, 0.2) is 0 Å². The van der Waals surface area contributed by atoms with Crippen LogP contribution in [-0.2, 0) is 48.7 Å². The van der Waals surface area contributed by atoms with Crippen molar-refractivity contribution in [3.63, 3.8) is 0 Å². The highest BCUT2D eigenvalue weighted by Crippen LogP contribution is 2.60. The molecule has 4 heteroatoms. The molecular weight excluding hydrogens is 773 g/mol. The maximum Gasteiger partial charge on any atom is 0.123 e. The summed E-state index contributed by atoms with van der Waals surface area (Å²) >= 11 is 0. The maximum atomic E-state index is 13.3. The van der Waals surface area contributed by atoms with E-state index in [9.17, 15) is 20.4 Å². The number of hydrogen-bond acceptors (Lipinski definition) is 4. The zero-order chi connectivity index (χ0) is 49.0. The molecule has 0 aliphatic heterocycles. The second-order valence-corrected chi connectivity index (χ2v) is 27.4. The first kappa shape index (κ1) is 51.7. The van der Waals surface area contributed by atoms with Crippen molar-refractivity contribution in [1.29, 1.82) is 0 Å². The molecule has 4 rings (SSSR count). The summed E-state index contributed by atoms with van der Waals surface area (Å²) in [5.41, 5.74) is 5.36. The first-order valence-electron chi connectivity index (χ1n) is 23.4. The van der Waals surface area contributed by atoms with E-state index in [1.165, 1.54) is 0 Å². The molecule has 4 nitrogen and oxygen atoms in total. The van der Waals surface area contributed by atoms with Gasteiger partial charge < -0.3 is 20.4 Å². The molecule has 0 aliphatic rings. The first-order chi connectivity index (χ1) is 27.9. The molecule has 0 amide bonds. The standard InChI is InChI=1S/C59H88O4/c1-51(2,3)34-26-38(47(60)40(28-34)55(13,14)15)46(39-27-35(52(4,5)6)29-41(48(39)61)56(16,17)18)59(25,44-32-36(53(7,8)9)30-42(49(44)62)57(19,20)21)45-33-37(54(10,11)12)31-43(50(45)63)58(22,23)24/h26-33,46,60-63H,1-25H3. The van der Waals surface area contributed by atoms with Crippen LogP contribution in [0.3, 0.4) is 0 Å². The molecule has 348 valence electrons. The van der Waals surface area contributed by atoms with Crippen LogP contribution in [0.2, 0.25) is 0 Å². The Labute approximate surface area is 385 Å². The van der Waals surface area contributed by atoms with Gasteiger partial charge in [0.2, 0.25) is 0 Å². The van der Waals surface area contributed by atoms with Gasteiger partial charge in [-0.05, 0) is 87.8 Å². The molecule has 0 radical (unpaired) electrons. The molecule has 0 aliphatic carbocycles. The van der Waals surface area contributed by atoms with Crippen LogP contribution in [0.5, 0.6) is 23.0 Å². The van der Waals surface area contributed by atoms with E-state index in [1.54, 1.807) is 0 Å². The number of benzene rings is 4. The fourth-order valence-electron chi connectivity index (χ4n) is 9.08. The largest absolute Gasteiger partial charge is 0.507 e. The minimum atomic E-state index is -1.34. The fraction of sp³-hybridized carbons (Fsp3) is 0.593. The predicted octanol–water partition coefficient (Wildman–Crippen LogP) is 16.0. The average Bonchev–Trinajstić information content (AvgIpc) is 3.05. The van der Waals surface area contributed by atoms with Crippen LogP contribution in [-0.4, -0.2) is 20.4 Å². The molecule has 0 heterocycles. The monoisotopic (exact) mass is 861 g/mol. The van der Waals surface area contributed by atoms with Crippen molar-refractivity contribution in [2.45, 2.75) is 228 Å². The van der Waals surface area contributed by atoms with E-state index in [2.05, 4.69) is 222 Å². The Morgan fingerprint density at radius 1 is 0.254 bits per heavy atom. The van der Waals surface area contributed by atoms with E-state index in [0.717, 1.165) is 44.5 Å². The van der Waals surface area contributed by atoms with Gasteiger partial charge >= 0.3 is 0 Å². The smallest absolute Gasteiger partial charge is 0.123 e. The van der Waals surface area contributed by atoms with Gasteiger partial charge in [-0.25, -0.2) is 0 Å². The van der Waals surface area contributed by atoms with E-state index >= 15 is 0 Å². The normalized spacial score (nSPS) is 14.2. The number of rotatable bonds is 5. The average molecular weight is 861 g/mol. The summed E-state index contributed by atoms with van der Waals surface area (Å²) in [5, 5.41) is 53.0. The van der Waals surface area contributed by atoms with Crippen LogP contribution in [0.25, 0.3) is 0 Å². The van der Waals surface area contributed by atoms with Crippen LogP contribution in [0, 0.1) is 0 Å². The Kier molecular flexibility index (Phi) is 13.1. The Hall–Kier alpha value is -3.92. The van der Waals surface area contributed by atoms with Crippen molar-refractivity contribution in [3.8, 4) is 23.0 Å². The molecule has 0 spiro atoms. The molecule has 0 saturated heterocycles. The van der Waals surface area contributed by atoms with Gasteiger partial charge in [-0.15, -0.1) is 0 Å². The van der Waals surface area contributed by atoms with Crippen LogP contribution in [0.1, 0.15) is 246 Å². The lowest BCUT2D eigenvalue weighted by Gasteiger charge is -2.45. The molecule has 0 aromatic heterocycles. The van der Waals surface area contributed by atoms with Gasteiger partial charge in [-0.2, -0.15) is 0 Å². The number of phenolic OH excluding ortho intramolecular Hbond substituents is 4. The topological polar surface area (TPSA) is 80.9 Å². The molecular formula is C59H88O4. The molecule has 0 bridgehead atoms. The number of phenols is 4. The van der Waals surface area contributed by atoms with Crippen LogP contribution >= 0.6 is 0 Å². The maximum absolute atomic E-state index is 13.3. The highest BCUT2D eigenvalue weighted by molar-refractivity contribution is 5.68. The third-order valence-corrected chi connectivity index (χ3v) is 13.5. The molecule has 0 fully saturated rings. The summed E-state index contributed by atoms with van der Waals surface area (Å²) in [6.07, 6.45) is 0. The third kappa shape index (κ3) is 10.2. The quantitative estimate of drug-likeness (QED) is 0.161. The van der Waals surface area contributed by atoms with Crippen LogP contribution in [0.4, 0.5) is 0 Å². The van der Waals surface area contributed by atoms with Gasteiger partial charge in [0.05, 0.1) is 0 Å². The number of aromatic hydroxyl groups is 4. The number of hydrogen-bond donors (Lipinski definition) is 4. The summed E-state index contributed by atoms with van der Waals surface area (Å²) in [7, 11) is 0. The van der Waals surface area contributed by atoms with Gasteiger partial charge in [0, 0.05) is 33.6 Å². The highest BCUT2D eigenvalue weighted by Gasteiger charge is 2.49. The summed E-state index contributed by atoms with van der Waals surface area (Å²) in [6.45, 7) is 54.1. The Morgan fingerprint density at radius 3 is 0.651 bits per heavy atom. The van der Waals surface area contributed by atoms with Crippen molar-refractivity contribution in [2.24, 2.45) is 0 Å². The van der Waals surface area contributed by atoms with E-state index in [-0.39, 0.29) is 44.7 Å². The van der Waals surface area contributed by atoms with Crippen molar-refractivity contribution in [3.05, 3.63) is 115 Å². The summed E-state index contributed by atoms with van der Waals surface area (Å²) in [4.78, 5) is 0. The Morgan fingerprint density at radius 2 is 0.444 bits per heavy atom. The Balaban J connectivity index is 2.67. The minimum absolute atomic E-state index is 0.144. The lowest BCUT2D eigenvalue weighted by atomic mass is 9.58. The van der Waals surface area contributed by atoms with Crippen molar-refractivity contribution in [1.82, 2.24) is 0 Å². The fourth-order valence-corrected chi connectivity index (χ4v) is 9.08.